The van der Waals surface area contributed by atoms with Gasteiger partial charge < -0.3 is 4.74 Å². The van der Waals surface area contributed by atoms with Crippen LogP contribution in [0.15, 0.2) is 30.3 Å². The van der Waals surface area contributed by atoms with Crippen LogP contribution in [0.3, 0.4) is 0 Å². The van der Waals surface area contributed by atoms with Crippen molar-refractivity contribution < 1.29 is 13.2 Å². The molecule has 1 aliphatic rings. The molecule has 23 heavy (non-hydrogen) atoms. The molecule has 1 aliphatic heterocycles. The van der Waals surface area contributed by atoms with Crippen molar-refractivity contribution in [1.82, 2.24) is 9.03 Å². The van der Waals surface area contributed by atoms with Gasteiger partial charge in [-0.2, -0.15) is 17.4 Å². The first-order valence-corrected chi connectivity index (χ1v) is 9.69. The molecule has 1 saturated heterocycles. The van der Waals surface area contributed by atoms with Gasteiger partial charge in [0.1, 0.15) is 0 Å². The number of nitrogens with zero attached hydrogens (tertiary/aromatic N) is 1. The van der Waals surface area contributed by atoms with Crippen molar-refractivity contribution >= 4 is 10.2 Å². The average molecular weight is 340 g/mol. The van der Waals surface area contributed by atoms with Gasteiger partial charge in [0.05, 0.1) is 12.2 Å². The number of morpholine rings is 1. The van der Waals surface area contributed by atoms with Crippen LogP contribution in [0, 0.1) is 5.92 Å². The number of nitrogens with one attached hydrogen (secondary N) is 1. The van der Waals surface area contributed by atoms with Crippen LogP contribution in [0.2, 0.25) is 0 Å². The fraction of sp³-hybridized carbons (Fsp3) is 0.647. The summed E-state index contributed by atoms with van der Waals surface area (Å²) in [6.45, 7) is 8.79. The molecule has 0 bridgehead atoms. The molecule has 0 amide bonds. The largest absolute Gasteiger partial charge is 0.373 e. The Morgan fingerprint density at radius 2 is 1.74 bits per heavy atom. The highest BCUT2D eigenvalue weighted by Crippen LogP contribution is 2.23. The van der Waals surface area contributed by atoms with Crippen LogP contribution in [0.5, 0.6) is 0 Å². The lowest BCUT2D eigenvalue weighted by molar-refractivity contribution is -0.0444. The van der Waals surface area contributed by atoms with Crippen LogP contribution >= 0.6 is 0 Å². The van der Waals surface area contributed by atoms with E-state index in [1.54, 1.807) is 0 Å². The topological polar surface area (TPSA) is 58.6 Å². The van der Waals surface area contributed by atoms with Gasteiger partial charge in [-0.05, 0) is 31.7 Å². The maximum Gasteiger partial charge on any atom is 0.280 e. The van der Waals surface area contributed by atoms with E-state index in [4.69, 9.17) is 4.74 Å². The maximum absolute atomic E-state index is 12.8. The summed E-state index contributed by atoms with van der Waals surface area (Å²) in [5.74, 6) is 0.394. The molecule has 5 nitrogen and oxygen atoms in total. The van der Waals surface area contributed by atoms with Crippen molar-refractivity contribution in [3.8, 4) is 0 Å². The second-order valence-corrected chi connectivity index (χ2v) is 8.49. The lowest BCUT2D eigenvalue weighted by atomic mass is 9.98. The van der Waals surface area contributed by atoms with Gasteiger partial charge in [0.2, 0.25) is 0 Å². The zero-order chi connectivity index (χ0) is 17.0. The van der Waals surface area contributed by atoms with Gasteiger partial charge in [-0.15, -0.1) is 0 Å². The first-order valence-electron chi connectivity index (χ1n) is 8.25. The lowest BCUT2D eigenvalue weighted by Crippen LogP contribution is -2.52. The van der Waals surface area contributed by atoms with E-state index in [1.165, 1.54) is 4.31 Å². The molecule has 3 atom stereocenters. The van der Waals surface area contributed by atoms with Gasteiger partial charge in [-0.1, -0.05) is 44.2 Å². The molecule has 3 unspecified atom stereocenters. The van der Waals surface area contributed by atoms with E-state index in [0.717, 1.165) is 12.0 Å². The predicted octanol–water partition coefficient (Wildman–Crippen LogP) is 2.72. The Bertz CT molecular complexity index is 579. The van der Waals surface area contributed by atoms with Crippen molar-refractivity contribution in [3.05, 3.63) is 35.9 Å². The van der Waals surface area contributed by atoms with Gasteiger partial charge in [0.15, 0.2) is 0 Å². The zero-order valence-electron chi connectivity index (χ0n) is 14.4. The number of rotatable bonds is 6. The van der Waals surface area contributed by atoms with E-state index in [0.29, 0.717) is 19.0 Å². The second kappa shape index (κ2) is 7.75. The van der Waals surface area contributed by atoms with Crippen LogP contribution in [-0.4, -0.2) is 38.0 Å². The Morgan fingerprint density at radius 3 is 2.26 bits per heavy atom. The summed E-state index contributed by atoms with van der Waals surface area (Å²) in [4.78, 5) is 0. The SMILES string of the molecule is CC(C)CC(NS(=O)(=O)N1CC(C)OC(C)C1)c1ccccc1. The molecule has 1 heterocycles. The Hall–Kier alpha value is -0.950. The summed E-state index contributed by atoms with van der Waals surface area (Å²) in [7, 11) is -3.54. The first-order chi connectivity index (χ1) is 10.8. The van der Waals surface area contributed by atoms with E-state index in [2.05, 4.69) is 18.6 Å². The molecule has 1 N–H and O–H groups in total. The molecule has 0 aromatic heterocycles. The lowest BCUT2D eigenvalue weighted by Gasteiger charge is -2.35. The molecular formula is C17H28N2O3S. The Labute approximate surface area is 140 Å². The highest BCUT2D eigenvalue weighted by atomic mass is 32.2. The minimum Gasteiger partial charge on any atom is -0.373 e. The zero-order valence-corrected chi connectivity index (χ0v) is 15.2. The summed E-state index contributed by atoms with van der Waals surface area (Å²) in [6.07, 6.45) is 0.588. The summed E-state index contributed by atoms with van der Waals surface area (Å²) in [5.41, 5.74) is 0.999. The first kappa shape index (κ1) is 18.4. The molecule has 0 radical (unpaired) electrons. The predicted molar refractivity (Wildman–Crippen MR) is 92.3 cm³/mol. The Morgan fingerprint density at radius 1 is 1.17 bits per heavy atom. The fourth-order valence-electron chi connectivity index (χ4n) is 2.99. The van der Waals surface area contributed by atoms with Crippen LogP contribution in [-0.2, 0) is 14.9 Å². The minimum atomic E-state index is -3.54. The van der Waals surface area contributed by atoms with Crippen LogP contribution < -0.4 is 4.72 Å². The number of ether oxygens (including phenoxy) is 1. The number of hydrogen-bond donors (Lipinski definition) is 1. The van der Waals surface area contributed by atoms with E-state index in [-0.39, 0.29) is 18.2 Å². The molecular weight excluding hydrogens is 312 g/mol. The smallest absolute Gasteiger partial charge is 0.280 e. The number of benzene rings is 1. The van der Waals surface area contributed by atoms with Gasteiger partial charge in [-0.3, -0.25) is 0 Å². The average Bonchev–Trinajstić information content (AvgIpc) is 2.46. The summed E-state index contributed by atoms with van der Waals surface area (Å²) < 4.78 is 35.6. The fourth-order valence-corrected chi connectivity index (χ4v) is 4.54. The number of hydrogen-bond acceptors (Lipinski definition) is 3. The summed E-state index contributed by atoms with van der Waals surface area (Å²) >= 11 is 0. The van der Waals surface area contributed by atoms with E-state index >= 15 is 0 Å². The van der Waals surface area contributed by atoms with E-state index in [9.17, 15) is 8.42 Å². The van der Waals surface area contributed by atoms with Gasteiger partial charge >= 0.3 is 0 Å². The van der Waals surface area contributed by atoms with Crippen LogP contribution in [0.4, 0.5) is 0 Å². The Kier molecular flexibility index (Phi) is 6.19. The van der Waals surface area contributed by atoms with Gasteiger partial charge in [0, 0.05) is 19.1 Å². The van der Waals surface area contributed by atoms with Crippen molar-refractivity contribution in [3.63, 3.8) is 0 Å². The highest BCUT2D eigenvalue weighted by molar-refractivity contribution is 7.87. The molecule has 2 rings (SSSR count). The molecule has 1 aromatic carbocycles. The maximum atomic E-state index is 12.8. The van der Waals surface area contributed by atoms with Crippen molar-refractivity contribution in [2.75, 3.05) is 13.1 Å². The molecule has 0 saturated carbocycles. The Balaban J connectivity index is 2.17. The van der Waals surface area contributed by atoms with Crippen molar-refractivity contribution in [1.29, 1.82) is 0 Å². The van der Waals surface area contributed by atoms with Crippen LogP contribution in [0.1, 0.15) is 45.7 Å². The summed E-state index contributed by atoms with van der Waals surface area (Å²) in [5, 5.41) is 0. The molecule has 0 spiro atoms. The standard InChI is InChI=1S/C17H28N2O3S/c1-13(2)10-17(16-8-6-5-7-9-16)18-23(20,21)19-11-14(3)22-15(4)12-19/h5-9,13-15,17-18H,10-12H2,1-4H3. The van der Waals surface area contributed by atoms with Crippen LogP contribution in [0.25, 0.3) is 0 Å². The second-order valence-electron chi connectivity index (χ2n) is 6.79. The van der Waals surface area contributed by atoms with Crippen molar-refractivity contribution in [2.45, 2.75) is 52.4 Å². The molecule has 1 aromatic rings. The van der Waals surface area contributed by atoms with Gasteiger partial charge in [-0.25, -0.2) is 0 Å². The van der Waals surface area contributed by atoms with Crippen molar-refractivity contribution in [2.24, 2.45) is 5.92 Å². The van der Waals surface area contributed by atoms with E-state index in [1.807, 2.05) is 44.2 Å². The minimum absolute atomic E-state index is 0.0874. The highest BCUT2D eigenvalue weighted by Gasteiger charge is 2.32. The summed E-state index contributed by atoms with van der Waals surface area (Å²) in [6, 6.07) is 9.55. The third kappa shape index (κ3) is 5.28. The molecule has 1 fully saturated rings. The third-order valence-electron chi connectivity index (χ3n) is 3.93. The third-order valence-corrected chi connectivity index (χ3v) is 5.49. The molecule has 130 valence electrons. The molecule has 6 heteroatoms. The van der Waals surface area contributed by atoms with Gasteiger partial charge in [0.25, 0.3) is 10.2 Å². The van der Waals surface area contributed by atoms with E-state index < -0.39 is 10.2 Å². The quantitative estimate of drug-likeness (QED) is 0.866. The normalized spacial score (nSPS) is 24.7. The molecule has 0 aliphatic carbocycles. The monoisotopic (exact) mass is 340 g/mol.